The number of piperidine rings is 1. The third-order valence-corrected chi connectivity index (χ3v) is 4.53. The number of benzene rings is 1. The lowest BCUT2D eigenvalue weighted by Crippen LogP contribution is -2.52. The summed E-state index contributed by atoms with van der Waals surface area (Å²) in [6.45, 7) is 0.642. The maximum absolute atomic E-state index is 12.8. The number of anilines is 1. The van der Waals surface area contributed by atoms with Crippen molar-refractivity contribution in [3.63, 3.8) is 0 Å². The van der Waals surface area contributed by atoms with E-state index in [4.69, 9.17) is 0 Å². The summed E-state index contributed by atoms with van der Waals surface area (Å²) in [5, 5.41) is 3.87. The maximum atomic E-state index is 12.8. The number of fused-ring (bicyclic) bond motifs is 1. The minimum absolute atomic E-state index is 0.0914. The van der Waals surface area contributed by atoms with Gasteiger partial charge in [-0.25, -0.2) is 0 Å². The molecule has 25 heavy (non-hydrogen) atoms. The quantitative estimate of drug-likeness (QED) is 0.772. The molecule has 2 aromatic heterocycles. The Labute approximate surface area is 144 Å². The Hall–Kier alpha value is -3.15. The molecule has 4 rings (SSSR count). The molecule has 1 saturated heterocycles. The van der Waals surface area contributed by atoms with Gasteiger partial charge in [-0.15, -0.1) is 0 Å². The number of pyridine rings is 1. The fourth-order valence-corrected chi connectivity index (χ4v) is 3.29. The average Bonchev–Trinajstić information content (AvgIpc) is 3.13. The van der Waals surface area contributed by atoms with Crippen molar-refractivity contribution < 1.29 is 9.59 Å². The molecule has 1 aliphatic rings. The first-order valence-corrected chi connectivity index (χ1v) is 8.32. The molecule has 0 spiro atoms. The number of aromatic amines is 1. The van der Waals surface area contributed by atoms with Crippen molar-refractivity contribution >= 4 is 28.4 Å². The van der Waals surface area contributed by atoms with Gasteiger partial charge in [0.1, 0.15) is 6.04 Å². The van der Waals surface area contributed by atoms with Crippen molar-refractivity contribution in [3.8, 4) is 0 Å². The van der Waals surface area contributed by atoms with Gasteiger partial charge in [-0.3, -0.25) is 14.6 Å². The summed E-state index contributed by atoms with van der Waals surface area (Å²) in [7, 11) is 0. The average molecular weight is 334 g/mol. The van der Waals surface area contributed by atoms with Crippen LogP contribution in [0.3, 0.4) is 0 Å². The zero-order chi connectivity index (χ0) is 17.2. The zero-order valence-electron chi connectivity index (χ0n) is 13.6. The second-order valence-electron chi connectivity index (χ2n) is 6.12. The van der Waals surface area contributed by atoms with Crippen LogP contribution in [0, 0.1) is 0 Å². The number of hydrogen-bond acceptors (Lipinski definition) is 3. The maximum Gasteiger partial charge on any atom is 0.254 e. The topological polar surface area (TPSA) is 78.1 Å². The lowest BCUT2D eigenvalue weighted by Gasteiger charge is -2.32. The highest BCUT2D eigenvalue weighted by Crippen LogP contribution is 2.21. The van der Waals surface area contributed by atoms with E-state index in [1.54, 1.807) is 35.6 Å². The van der Waals surface area contributed by atoms with Crippen molar-refractivity contribution in [2.45, 2.75) is 18.9 Å². The Morgan fingerprint density at radius 3 is 3.00 bits per heavy atom. The van der Waals surface area contributed by atoms with Crippen LogP contribution >= 0.6 is 0 Å². The number of amides is 2. The van der Waals surface area contributed by atoms with Gasteiger partial charge in [0.05, 0.1) is 23.0 Å². The number of carbonyl (C=O) groups is 2. The summed E-state index contributed by atoms with van der Waals surface area (Å²) in [4.78, 5) is 34.3. The molecule has 1 fully saturated rings. The first-order valence-electron chi connectivity index (χ1n) is 8.32. The van der Waals surface area contributed by atoms with Crippen LogP contribution in [0.25, 0.3) is 10.9 Å². The van der Waals surface area contributed by atoms with E-state index >= 15 is 0 Å². The van der Waals surface area contributed by atoms with Crippen molar-refractivity contribution in [1.29, 1.82) is 0 Å². The predicted octanol–water partition coefficient (Wildman–Crippen LogP) is 2.49. The van der Waals surface area contributed by atoms with Crippen LogP contribution in [0.2, 0.25) is 0 Å². The molecule has 2 amide bonds. The predicted molar refractivity (Wildman–Crippen MR) is 95.4 cm³/mol. The van der Waals surface area contributed by atoms with Crippen LogP contribution in [-0.4, -0.2) is 34.4 Å². The molecule has 6 nitrogen and oxygen atoms in total. The molecule has 1 atom stereocenters. The molecule has 0 saturated carbocycles. The number of nitrogens with one attached hydrogen (secondary N) is 2. The smallest absolute Gasteiger partial charge is 0.254 e. The van der Waals surface area contributed by atoms with Gasteiger partial charge >= 0.3 is 0 Å². The molecule has 2 N–H and O–H groups in total. The highest BCUT2D eigenvalue weighted by molar-refractivity contribution is 6.08. The Morgan fingerprint density at radius 2 is 2.16 bits per heavy atom. The van der Waals surface area contributed by atoms with Crippen LogP contribution in [0.5, 0.6) is 0 Å². The lowest BCUT2D eigenvalue weighted by molar-refractivity contribution is -0.121. The molecule has 1 unspecified atom stereocenters. The number of hydrogen-bond donors (Lipinski definition) is 2. The Kier molecular flexibility index (Phi) is 3.93. The van der Waals surface area contributed by atoms with Crippen molar-refractivity contribution in [2.24, 2.45) is 0 Å². The third-order valence-electron chi connectivity index (χ3n) is 4.53. The minimum atomic E-state index is -0.522. The number of nitrogens with zero attached hydrogens (tertiary/aromatic N) is 2. The second-order valence-corrected chi connectivity index (χ2v) is 6.12. The van der Waals surface area contributed by atoms with Crippen molar-refractivity contribution in [3.05, 3.63) is 60.6 Å². The van der Waals surface area contributed by atoms with Crippen LogP contribution < -0.4 is 10.2 Å². The van der Waals surface area contributed by atoms with Gasteiger partial charge < -0.3 is 15.2 Å². The molecule has 126 valence electrons. The van der Waals surface area contributed by atoms with Gasteiger partial charge in [0, 0.05) is 24.3 Å². The number of H-pyrrole nitrogens is 1. The van der Waals surface area contributed by atoms with Crippen LogP contribution in [-0.2, 0) is 4.79 Å². The van der Waals surface area contributed by atoms with Gasteiger partial charge in [-0.2, -0.15) is 0 Å². The van der Waals surface area contributed by atoms with Crippen LogP contribution in [0.4, 0.5) is 5.69 Å². The standard InChI is InChI=1S/C19H18N4O2/c24-18(15-6-1-4-13-8-10-21-17(13)15)22-16-7-3-11-23(19(16)25)14-5-2-9-20-12-14/h1-2,4-6,8-10,12,16,21H,3,7,11H2,(H,22,24). The van der Waals surface area contributed by atoms with Gasteiger partial charge in [0.15, 0.2) is 0 Å². The molecule has 1 aromatic carbocycles. The fraction of sp³-hybridized carbons (Fsp3) is 0.211. The molecule has 3 heterocycles. The van der Waals surface area contributed by atoms with E-state index in [1.807, 2.05) is 24.3 Å². The Bertz CT molecular complexity index is 919. The number of rotatable bonds is 3. The minimum Gasteiger partial charge on any atom is -0.361 e. The molecule has 0 radical (unpaired) electrons. The molecule has 3 aromatic rings. The van der Waals surface area contributed by atoms with Crippen LogP contribution in [0.15, 0.2) is 55.0 Å². The SMILES string of the molecule is O=C(NC1CCCN(c2cccnc2)C1=O)c1cccc2cc[nH]c12. The molecule has 0 bridgehead atoms. The second kappa shape index (κ2) is 6.39. The fourth-order valence-electron chi connectivity index (χ4n) is 3.29. The van der Waals surface area contributed by atoms with E-state index in [-0.39, 0.29) is 11.8 Å². The Balaban J connectivity index is 1.55. The van der Waals surface area contributed by atoms with E-state index in [0.717, 1.165) is 23.0 Å². The van der Waals surface area contributed by atoms with Crippen molar-refractivity contribution in [1.82, 2.24) is 15.3 Å². The summed E-state index contributed by atoms with van der Waals surface area (Å²) >= 11 is 0. The molecular formula is C19H18N4O2. The summed E-state index contributed by atoms with van der Waals surface area (Å²) in [6, 6.07) is 10.6. The largest absolute Gasteiger partial charge is 0.361 e. The van der Waals surface area contributed by atoms with E-state index < -0.39 is 6.04 Å². The zero-order valence-corrected chi connectivity index (χ0v) is 13.6. The highest BCUT2D eigenvalue weighted by atomic mass is 16.2. The molecule has 1 aliphatic heterocycles. The Morgan fingerprint density at radius 1 is 1.24 bits per heavy atom. The van der Waals surface area contributed by atoms with E-state index in [9.17, 15) is 9.59 Å². The monoisotopic (exact) mass is 334 g/mol. The molecule has 6 heteroatoms. The normalized spacial score (nSPS) is 17.7. The summed E-state index contributed by atoms with van der Waals surface area (Å²) in [5.74, 6) is -0.328. The summed E-state index contributed by atoms with van der Waals surface area (Å²) in [5.41, 5.74) is 2.10. The first kappa shape index (κ1) is 15.4. The van der Waals surface area contributed by atoms with Crippen LogP contribution in [0.1, 0.15) is 23.2 Å². The number of carbonyl (C=O) groups excluding carboxylic acids is 2. The lowest BCUT2D eigenvalue weighted by atomic mass is 10.0. The summed E-state index contributed by atoms with van der Waals surface area (Å²) in [6.07, 6.45) is 6.62. The van der Waals surface area contributed by atoms with Crippen molar-refractivity contribution in [2.75, 3.05) is 11.4 Å². The van der Waals surface area contributed by atoms with Gasteiger partial charge in [-0.1, -0.05) is 12.1 Å². The first-order chi connectivity index (χ1) is 12.2. The number of para-hydroxylation sites is 1. The molecule has 0 aliphatic carbocycles. The summed E-state index contributed by atoms with van der Waals surface area (Å²) < 4.78 is 0. The van der Waals surface area contributed by atoms with E-state index in [2.05, 4.69) is 15.3 Å². The third kappa shape index (κ3) is 2.87. The van der Waals surface area contributed by atoms with Gasteiger partial charge in [0.2, 0.25) is 5.91 Å². The molecular weight excluding hydrogens is 316 g/mol. The van der Waals surface area contributed by atoms with E-state index in [1.165, 1.54) is 0 Å². The van der Waals surface area contributed by atoms with Gasteiger partial charge in [0.25, 0.3) is 5.91 Å². The van der Waals surface area contributed by atoms with Gasteiger partial charge in [-0.05, 0) is 37.1 Å². The highest BCUT2D eigenvalue weighted by Gasteiger charge is 2.31. The van der Waals surface area contributed by atoms with E-state index in [0.29, 0.717) is 18.5 Å². The number of aromatic nitrogens is 2.